The summed E-state index contributed by atoms with van der Waals surface area (Å²) in [6.07, 6.45) is 3.16. The normalized spacial score (nSPS) is 11.0. The maximum atomic E-state index is 13.3. The third-order valence-electron chi connectivity index (χ3n) is 3.59. The SMILES string of the molecule is COc1c(Cl)cc(C(C)C)c(/C=C/C#N)c1-c1ccc(F)cc1. The van der Waals surface area contributed by atoms with E-state index >= 15 is 0 Å². The third kappa shape index (κ3) is 3.55. The predicted octanol–water partition coefficient (Wildman–Crippen LogP) is 5.81. The molecule has 0 spiro atoms. The van der Waals surface area contributed by atoms with Crippen molar-refractivity contribution in [3.63, 3.8) is 0 Å². The predicted molar refractivity (Wildman–Crippen MR) is 92.1 cm³/mol. The Kier molecular flexibility index (Phi) is 5.41. The molecule has 2 nitrogen and oxygen atoms in total. The van der Waals surface area contributed by atoms with Crippen LogP contribution < -0.4 is 4.74 Å². The van der Waals surface area contributed by atoms with Gasteiger partial charge in [0.2, 0.25) is 0 Å². The van der Waals surface area contributed by atoms with Gasteiger partial charge in [-0.3, -0.25) is 0 Å². The van der Waals surface area contributed by atoms with Crippen LogP contribution >= 0.6 is 11.6 Å². The maximum absolute atomic E-state index is 13.3. The molecule has 0 bridgehead atoms. The molecule has 0 aliphatic heterocycles. The van der Waals surface area contributed by atoms with Crippen LogP contribution in [0.2, 0.25) is 5.02 Å². The number of hydrogen-bond donors (Lipinski definition) is 0. The van der Waals surface area contributed by atoms with E-state index in [9.17, 15) is 4.39 Å². The maximum Gasteiger partial charge on any atom is 0.145 e. The van der Waals surface area contributed by atoms with Crippen LogP contribution in [0, 0.1) is 17.1 Å². The van der Waals surface area contributed by atoms with Crippen molar-refractivity contribution in [3.8, 4) is 22.9 Å². The second-order valence-electron chi connectivity index (χ2n) is 5.39. The molecule has 0 saturated heterocycles. The molecule has 2 aromatic rings. The van der Waals surface area contributed by atoms with Crippen molar-refractivity contribution in [2.24, 2.45) is 0 Å². The highest BCUT2D eigenvalue weighted by Gasteiger charge is 2.19. The summed E-state index contributed by atoms with van der Waals surface area (Å²) < 4.78 is 18.7. The molecule has 0 aliphatic carbocycles. The molecule has 0 radical (unpaired) electrons. The zero-order chi connectivity index (χ0) is 17.0. The zero-order valence-electron chi connectivity index (χ0n) is 13.2. The number of allylic oxidation sites excluding steroid dienone is 1. The first-order valence-corrected chi connectivity index (χ1v) is 7.59. The van der Waals surface area contributed by atoms with Gasteiger partial charge in [-0.1, -0.05) is 37.6 Å². The van der Waals surface area contributed by atoms with Crippen molar-refractivity contribution in [2.75, 3.05) is 7.11 Å². The van der Waals surface area contributed by atoms with Crippen LogP contribution in [0.15, 0.2) is 36.4 Å². The van der Waals surface area contributed by atoms with Gasteiger partial charge in [0.1, 0.15) is 11.6 Å². The summed E-state index contributed by atoms with van der Waals surface area (Å²) in [7, 11) is 1.54. The molecule has 23 heavy (non-hydrogen) atoms. The van der Waals surface area contributed by atoms with E-state index in [-0.39, 0.29) is 11.7 Å². The molecule has 0 fully saturated rings. The molecule has 0 amide bonds. The Morgan fingerprint density at radius 3 is 2.43 bits per heavy atom. The number of halogens is 2. The summed E-state index contributed by atoms with van der Waals surface area (Å²) in [6.45, 7) is 4.10. The minimum atomic E-state index is -0.312. The Balaban J connectivity index is 2.86. The van der Waals surface area contributed by atoms with E-state index in [1.807, 2.05) is 12.1 Å². The molecule has 2 aromatic carbocycles. The van der Waals surface area contributed by atoms with E-state index in [4.69, 9.17) is 21.6 Å². The smallest absolute Gasteiger partial charge is 0.145 e. The average Bonchev–Trinajstić information content (AvgIpc) is 2.53. The third-order valence-corrected chi connectivity index (χ3v) is 3.87. The molecule has 0 unspecified atom stereocenters. The Labute approximate surface area is 140 Å². The average molecular weight is 330 g/mol. The van der Waals surface area contributed by atoms with Crippen molar-refractivity contribution < 1.29 is 9.13 Å². The highest BCUT2D eigenvalue weighted by atomic mass is 35.5. The van der Waals surface area contributed by atoms with E-state index in [0.29, 0.717) is 10.8 Å². The number of ether oxygens (including phenoxy) is 1. The van der Waals surface area contributed by atoms with Crippen LogP contribution in [0.3, 0.4) is 0 Å². The lowest BCUT2D eigenvalue weighted by molar-refractivity contribution is 0.416. The second-order valence-corrected chi connectivity index (χ2v) is 5.80. The fourth-order valence-corrected chi connectivity index (χ4v) is 2.84. The summed E-state index contributed by atoms with van der Waals surface area (Å²) >= 11 is 6.38. The molecule has 0 aliphatic rings. The first kappa shape index (κ1) is 17.1. The quantitative estimate of drug-likeness (QED) is 0.662. The summed E-state index contributed by atoms with van der Waals surface area (Å²) in [5, 5.41) is 9.38. The molecular formula is C19H17ClFNO. The molecular weight excluding hydrogens is 313 g/mol. The Hall–Kier alpha value is -2.31. The van der Waals surface area contributed by atoms with E-state index in [1.165, 1.54) is 18.2 Å². The zero-order valence-corrected chi connectivity index (χ0v) is 14.0. The summed E-state index contributed by atoms with van der Waals surface area (Å²) in [5.74, 6) is 0.407. The lowest BCUT2D eigenvalue weighted by atomic mass is 9.89. The van der Waals surface area contributed by atoms with Gasteiger partial charge in [0.15, 0.2) is 0 Å². The van der Waals surface area contributed by atoms with E-state index in [2.05, 4.69) is 13.8 Å². The number of nitriles is 1. The van der Waals surface area contributed by atoms with Gasteiger partial charge < -0.3 is 4.74 Å². The fourth-order valence-electron chi connectivity index (χ4n) is 2.55. The van der Waals surface area contributed by atoms with Crippen LogP contribution in [0.1, 0.15) is 30.9 Å². The minimum absolute atomic E-state index is 0.205. The summed E-state index contributed by atoms with van der Waals surface area (Å²) in [5.41, 5.74) is 3.40. The van der Waals surface area contributed by atoms with E-state index < -0.39 is 0 Å². The van der Waals surface area contributed by atoms with Gasteiger partial charge in [-0.25, -0.2) is 4.39 Å². The van der Waals surface area contributed by atoms with Gasteiger partial charge in [0, 0.05) is 11.6 Å². The van der Waals surface area contributed by atoms with E-state index in [1.54, 1.807) is 25.3 Å². The fraction of sp³-hybridized carbons (Fsp3) is 0.211. The van der Waals surface area contributed by atoms with Crippen molar-refractivity contribution in [1.29, 1.82) is 5.26 Å². The molecule has 0 atom stereocenters. The highest BCUT2D eigenvalue weighted by Crippen LogP contribution is 2.43. The van der Waals surface area contributed by atoms with Crippen LogP contribution in [0.5, 0.6) is 5.75 Å². The first-order chi connectivity index (χ1) is 11.0. The Morgan fingerprint density at radius 1 is 1.26 bits per heavy atom. The molecule has 2 rings (SSSR count). The van der Waals surface area contributed by atoms with Crippen LogP contribution in [0.25, 0.3) is 17.2 Å². The number of rotatable bonds is 4. The van der Waals surface area contributed by atoms with Crippen molar-refractivity contribution >= 4 is 17.7 Å². The molecule has 0 N–H and O–H groups in total. The van der Waals surface area contributed by atoms with Gasteiger partial charge in [-0.15, -0.1) is 0 Å². The van der Waals surface area contributed by atoms with Crippen molar-refractivity contribution in [1.82, 2.24) is 0 Å². The molecule has 0 heterocycles. The van der Waals surface area contributed by atoms with Crippen molar-refractivity contribution in [3.05, 3.63) is 58.4 Å². The molecule has 0 saturated carbocycles. The van der Waals surface area contributed by atoms with Crippen LogP contribution in [-0.4, -0.2) is 7.11 Å². The number of nitrogens with zero attached hydrogens (tertiary/aromatic N) is 1. The monoisotopic (exact) mass is 329 g/mol. The lowest BCUT2D eigenvalue weighted by Gasteiger charge is -2.20. The van der Waals surface area contributed by atoms with Gasteiger partial charge in [0.05, 0.1) is 18.2 Å². The van der Waals surface area contributed by atoms with Gasteiger partial charge >= 0.3 is 0 Å². The first-order valence-electron chi connectivity index (χ1n) is 7.22. The minimum Gasteiger partial charge on any atom is -0.495 e. The van der Waals surface area contributed by atoms with Crippen molar-refractivity contribution in [2.45, 2.75) is 19.8 Å². The molecule has 4 heteroatoms. The number of hydrogen-bond acceptors (Lipinski definition) is 2. The molecule has 0 aromatic heterocycles. The molecule has 118 valence electrons. The Morgan fingerprint density at radius 2 is 1.91 bits per heavy atom. The Bertz CT molecular complexity index is 773. The topological polar surface area (TPSA) is 33.0 Å². The van der Waals surface area contributed by atoms with Gasteiger partial charge in [-0.2, -0.15) is 5.26 Å². The second kappa shape index (κ2) is 7.30. The van der Waals surface area contributed by atoms with Gasteiger partial charge in [0.25, 0.3) is 0 Å². The standard InChI is InChI=1S/C19H17ClFNO/c1-12(2)16-11-17(20)19(23-3)18(15(16)5-4-10-22)13-6-8-14(21)9-7-13/h4-9,11-12H,1-3H3/b5-4+. The summed E-state index contributed by atoms with van der Waals surface area (Å²) in [6, 6.07) is 10.0. The van der Waals surface area contributed by atoms with Crippen LogP contribution in [0.4, 0.5) is 4.39 Å². The lowest BCUT2D eigenvalue weighted by Crippen LogP contribution is -2.00. The van der Waals surface area contributed by atoms with E-state index in [0.717, 1.165) is 22.3 Å². The number of methoxy groups -OCH3 is 1. The summed E-state index contributed by atoms with van der Waals surface area (Å²) in [4.78, 5) is 0. The largest absolute Gasteiger partial charge is 0.495 e. The van der Waals surface area contributed by atoms with Crippen LogP contribution in [-0.2, 0) is 0 Å². The highest BCUT2D eigenvalue weighted by molar-refractivity contribution is 6.32. The van der Waals surface area contributed by atoms with Gasteiger partial charge in [-0.05, 0) is 46.9 Å². The number of benzene rings is 2.